The molecule has 8 heteroatoms. The van der Waals surface area contributed by atoms with Crippen LogP contribution in [0.2, 0.25) is 0 Å². The number of fused-ring (bicyclic) bond motifs is 4. The predicted molar refractivity (Wildman–Crippen MR) is 171 cm³/mol. The van der Waals surface area contributed by atoms with Crippen molar-refractivity contribution in [2.75, 3.05) is 42.6 Å². The molecule has 43 heavy (non-hydrogen) atoms. The van der Waals surface area contributed by atoms with Crippen LogP contribution in [0.3, 0.4) is 0 Å². The summed E-state index contributed by atoms with van der Waals surface area (Å²) in [5.74, 6) is 1.06. The van der Waals surface area contributed by atoms with E-state index >= 15 is 0 Å². The lowest BCUT2D eigenvalue weighted by molar-refractivity contribution is 0.107. The second-order valence-electron chi connectivity index (χ2n) is 13.1. The molecule has 224 valence electrons. The largest absolute Gasteiger partial charge is 0.461 e. The van der Waals surface area contributed by atoms with Gasteiger partial charge in [0.15, 0.2) is 0 Å². The van der Waals surface area contributed by atoms with Gasteiger partial charge >= 0.3 is 6.01 Å². The molecular formula is C35H43N7O. The van der Waals surface area contributed by atoms with Gasteiger partial charge in [-0.25, -0.2) is 0 Å². The van der Waals surface area contributed by atoms with Crippen LogP contribution in [0.15, 0.2) is 42.5 Å². The Morgan fingerprint density at radius 2 is 1.72 bits per heavy atom. The molecule has 0 aliphatic carbocycles. The van der Waals surface area contributed by atoms with Crippen LogP contribution in [0, 0.1) is 6.92 Å². The highest BCUT2D eigenvalue weighted by Gasteiger charge is 2.45. The van der Waals surface area contributed by atoms with Gasteiger partial charge in [-0.2, -0.15) is 15.1 Å². The Balaban J connectivity index is 1.16. The fraction of sp³-hybridized carbons (Fsp3) is 0.514. The number of anilines is 2. The highest BCUT2D eigenvalue weighted by molar-refractivity contribution is 5.97. The van der Waals surface area contributed by atoms with Crippen molar-refractivity contribution in [1.29, 1.82) is 0 Å². The third-order valence-corrected chi connectivity index (χ3v) is 10.4. The van der Waals surface area contributed by atoms with E-state index < -0.39 is 0 Å². The fourth-order valence-electron chi connectivity index (χ4n) is 8.32. The first-order valence-electron chi connectivity index (χ1n) is 16.4. The molecule has 4 aliphatic heterocycles. The quantitative estimate of drug-likeness (QED) is 0.292. The lowest BCUT2D eigenvalue weighted by atomic mass is 9.95. The third-order valence-electron chi connectivity index (χ3n) is 10.4. The summed E-state index contributed by atoms with van der Waals surface area (Å²) in [5.41, 5.74) is 7.61. The van der Waals surface area contributed by atoms with Crippen molar-refractivity contribution < 1.29 is 4.74 Å². The van der Waals surface area contributed by atoms with E-state index in [1.165, 1.54) is 72.1 Å². The number of hydrogen-bond donors (Lipinski definition) is 0. The smallest absolute Gasteiger partial charge is 0.318 e. The Labute approximate surface area is 254 Å². The van der Waals surface area contributed by atoms with E-state index in [-0.39, 0.29) is 5.54 Å². The fourth-order valence-corrected chi connectivity index (χ4v) is 8.32. The predicted octanol–water partition coefficient (Wildman–Crippen LogP) is 5.68. The number of aromatic nitrogens is 4. The van der Waals surface area contributed by atoms with Crippen LogP contribution in [-0.2, 0) is 32.5 Å². The molecule has 6 heterocycles. The van der Waals surface area contributed by atoms with E-state index in [4.69, 9.17) is 19.8 Å². The van der Waals surface area contributed by atoms with E-state index in [2.05, 4.69) is 75.7 Å². The topological polar surface area (TPSA) is 62.6 Å². The summed E-state index contributed by atoms with van der Waals surface area (Å²) in [6, 6.07) is 16.2. The molecule has 4 aromatic rings. The van der Waals surface area contributed by atoms with Crippen molar-refractivity contribution in [1.82, 2.24) is 24.6 Å². The lowest BCUT2D eigenvalue weighted by Crippen LogP contribution is -2.43. The molecule has 4 aliphatic rings. The summed E-state index contributed by atoms with van der Waals surface area (Å²) in [4.78, 5) is 18.0. The molecule has 0 saturated carbocycles. The Kier molecular flexibility index (Phi) is 6.77. The number of benzene rings is 2. The Bertz CT molecular complexity index is 1650. The van der Waals surface area contributed by atoms with Gasteiger partial charge in [0.05, 0.1) is 35.7 Å². The molecule has 0 atom stereocenters. The van der Waals surface area contributed by atoms with Crippen LogP contribution >= 0.6 is 0 Å². The van der Waals surface area contributed by atoms with E-state index in [1.807, 2.05) is 0 Å². The first-order chi connectivity index (χ1) is 21.1. The molecule has 0 bridgehead atoms. The SMILES string of the molecule is CCc1cccc2cccc(N3CCc4c(nc(OCC56CCCN5CCC6)nc4N4CCCn5nc(C)cc5C4)C3)c12. The minimum absolute atomic E-state index is 0.164. The van der Waals surface area contributed by atoms with Gasteiger partial charge < -0.3 is 14.5 Å². The molecule has 2 saturated heterocycles. The molecule has 8 nitrogen and oxygen atoms in total. The number of ether oxygens (including phenoxy) is 1. The summed E-state index contributed by atoms with van der Waals surface area (Å²) in [7, 11) is 0. The second-order valence-corrected chi connectivity index (χ2v) is 13.1. The Morgan fingerprint density at radius 3 is 2.56 bits per heavy atom. The van der Waals surface area contributed by atoms with Crippen LogP contribution in [-0.4, -0.2) is 63.0 Å². The number of hydrogen-bond acceptors (Lipinski definition) is 7. The number of nitrogens with zero attached hydrogens (tertiary/aromatic N) is 7. The molecular weight excluding hydrogens is 534 g/mol. The van der Waals surface area contributed by atoms with Gasteiger partial charge in [0, 0.05) is 36.3 Å². The highest BCUT2D eigenvalue weighted by Crippen LogP contribution is 2.40. The van der Waals surface area contributed by atoms with Crippen LogP contribution in [0.4, 0.5) is 11.5 Å². The average Bonchev–Trinajstić information content (AvgIpc) is 3.68. The van der Waals surface area contributed by atoms with Crippen molar-refractivity contribution in [3.8, 4) is 6.01 Å². The molecule has 0 amide bonds. The van der Waals surface area contributed by atoms with Gasteiger partial charge in [0.1, 0.15) is 12.4 Å². The van der Waals surface area contributed by atoms with Crippen molar-refractivity contribution in [3.63, 3.8) is 0 Å². The van der Waals surface area contributed by atoms with Gasteiger partial charge in [-0.05, 0) is 88.0 Å². The Hall–Kier alpha value is -3.65. The minimum atomic E-state index is 0.164. The van der Waals surface area contributed by atoms with Crippen LogP contribution in [0.1, 0.15) is 67.2 Å². The van der Waals surface area contributed by atoms with E-state index in [9.17, 15) is 0 Å². The van der Waals surface area contributed by atoms with Crippen LogP contribution in [0.5, 0.6) is 6.01 Å². The van der Waals surface area contributed by atoms with Crippen molar-refractivity contribution in [2.45, 2.75) is 84.0 Å². The monoisotopic (exact) mass is 577 g/mol. The van der Waals surface area contributed by atoms with Gasteiger partial charge in [0.2, 0.25) is 0 Å². The highest BCUT2D eigenvalue weighted by atomic mass is 16.5. The first-order valence-corrected chi connectivity index (χ1v) is 16.4. The van der Waals surface area contributed by atoms with E-state index in [1.54, 1.807) is 0 Å². The summed E-state index contributed by atoms with van der Waals surface area (Å²) in [6.45, 7) is 11.8. The standard InChI is InChI=1S/C35H43N7O/c1-3-26-9-4-10-27-11-5-12-31(32(26)27)39-20-13-29-30(23-39)36-34(43-24-35-14-6-17-41(35)18-7-15-35)37-33(29)40-16-8-19-42-28(22-40)21-25(2)38-42/h4-5,9-12,21H,3,6-8,13-20,22-24H2,1-2H3. The molecule has 0 spiro atoms. The maximum Gasteiger partial charge on any atom is 0.318 e. The van der Waals surface area contributed by atoms with Crippen molar-refractivity contribution in [2.24, 2.45) is 0 Å². The summed E-state index contributed by atoms with van der Waals surface area (Å²) in [6.07, 6.45) is 7.95. The van der Waals surface area contributed by atoms with Gasteiger partial charge in [0.25, 0.3) is 0 Å². The molecule has 8 rings (SSSR count). The summed E-state index contributed by atoms with van der Waals surface area (Å²) in [5, 5.41) is 7.43. The molecule has 2 aromatic carbocycles. The molecule has 0 radical (unpaired) electrons. The molecule has 0 unspecified atom stereocenters. The maximum atomic E-state index is 6.62. The van der Waals surface area contributed by atoms with Crippen molar-refractivity contribution in [3.05, 3.63) is 70.7 Å². The average molecular weight is 578 g/mol. The first kappa shape index (κ1) is 26.9. The molecule has 0 N–H and O–H groups in total. The van der Waals surface area contributed by atoms with Gasteiger partial charge in [-0.3, -0.25) is 9.58 Å². The third kappa shape index (κ3) is 4.74. The zero-order valence-electron chi connectivity index (χ0n) is 25.7. The van der Waals surface area contributed by atoms with E-state index in [0.717, 1.165) is 69.2 Å². The summed E-state index contributed by atoms with van der Waals surface area (Å²) < 4.78 is 8.80. The number of aryl methyl sites for hydroxylation is 3. The zero-order valence-corrected chi connectivity index (χ0v) is 25.7. The lowest BCUT2D eigenvalue weighted by Gasteiger charge is -2.35. The maximum absolute atomic E-state index is 6.62. The summed E-state index contributed by atoms with van der Waals surface area (Å²) >= 11 is 0. The zero-order chi connectivity index (χ0) is 29.0. The minimum Gasteiger partial charge on any atom is -0.461 e. The normalized spacial score (nSPS) is 19.8. The molecule has 2 aromatic heterocycles. The van der Waals surface area contributed by atoms with Crippen LogP contribution < -0.4 is 14.5 Å². The molecule has 2 fully saturated rings. The Morgan fingerprint density at radius 1 is 0.884 bits per heavy atom. The van der Waals surface area contributed by atoms with Gasteiger partial charge in [-0.1, -0.05) is 37.3 Å². The van der Waals surface area contributed by atoms with Crippen LogP contribution in [0.25, 0.3) is 10.8 Å². The number of rotatable bonds is 6. The second kappa shape index (κ2) is 10.8. The van der Waals surface area contributed by atoms with E-state index in [0.29, 0.717) is 12.6 Å². The van der Waals surface area contributed by atoms with Gasteiger partial charge in [-0.15, -0.1) is 0 Å². The van der Waals surface area contributed by atoms with Crippen molar-refractivity contribution >= 4 is 22.3 Å².